The number of carbonyl (C=O) groups is 2. The Morgan fingerprint density at radius 3 is 2.50 bits per heavy atom. The highest BCUT2D eigenvalue weighted by molar-refractivity contribution is 5.84. The number of anilines is 1. The van der Waals surface area contributed by atoms with Crippen LogP contribution >= 0.6 is 0 Å². The van der Waals surface area contributed by atoms with Crippen molar-refractivity contribution in [1.29, 1.82) is 0 Å². The van der Waals surface area contributed by atoms with Gasteiger partial charge in [0.05, 0.1) is 12.6 Å². The fraction of sp³-hybridized carbons (Fsp3) is 0.300. The van der Waals surface area contributed by atoms with E-state index < -0.39 is 12.5 Å². The number of nitrogens with zero attached hydrogens (tertiary/aromatic N) is 1. The maximum Gasteiger partial charge on any atom is 0.411 e. The number of piperazine rings is 1. The Bertz CT molecular complexity index is 826. The first-order chi connectivity index (χ1) is 13.4. The first kappa shape index (κ1) is 19.8. The van der Waals surface area contributed by atoms with Crippen molar-refractivity contribution in [3.05, 3.63) is 65.2 Å². The summed E-state index contributed by atoms with van der Waals surface area (Å²) in [6, 6.07) is 13.0. The normalized spacial score (nSPS) is 17.3. The van der Waals surface area contributed by atoms with E-state index in [-0.39, 0.29) is 24.1 Å². The van der Waals surface area contributed by atoms with Crippen molar-refractivity contribution in [2.45, 2.75) is 19.1 Å². The molecule has 1 saturated heterocycles. The number of nitrogens with one attached hydrogen (secondary N) is 2. The molecule has 1 heterocycles. The van der Waals surface area contributed by atoms with Gasteiger partial charge in [-0.05, 0) is 30.3 Å². The van der Waals surface area contributed by atoms with Crippen LogP contribution in [0.2, 0.25) is 0 Å². The number of rotatable bonds is 5. The van der Waals surface area contributed by atoms with Gasteiger partial charge in [0.15, 0.2) is 0 Å². The van der Waals surface area contributed by atoms with E-state index in [4.69, 9.17) is 4.74 Å². The van der Waals surface area contributed by atoms with Crippen molar-refractivity contribution in [3.8, 4) is 0 Å². The van der Waals surface area contributed by atoms with Crippen molar-refractivity contribution in [2.75, 3.05) is 25.5 Å². The van der Waals surface area contributed by atoms with Crippen molar-refractivity contribution < 1.29 is 23.1 Å². The molecule has 0 aliphatic carbocycles. The minimum Gasteiger partial charge on any atom is -0.444 e. The van der Waals surface area contributed by atoms with Crippen LogP contribution in [-0.4, -0.2) is 37.0 Å². The Balaban J connectivity index is 1.51. The Kier molecular flexibility index (Phi) is 6.20. The van der Waals surface area contributed by atoms with Crippen LogP contribution < -0.4 is 10.6 Å². The summed E-state index contributed by atoms with van der Waals surface area (Å²) in [7, 11) is 1.89. The average Bonchev–Trinajstić information content (AvgIpc) is 2.67. The summed E-state index contributed by atoms with van der Waals surface area (Å²) in [6.45, 7) is 0.865. The lowest BCUT2D eigenvalue weighted by molar-refractivity contribution is -0.125. The summed E-state index contributed by atoms with van der Waals surface area (Å²) in [4.78, 5) is 25.3. The molecule has 0 saturated carbocycles. The molecule has 1 atom stereocenters. The molecule has 0 bridgehead atoms. The third kappa shape index (κ3) is 5.04. The van der Waals surface area contributed by atoms with Crippen molar-refractivity contribution >= 4 is 17.7 Å². The quantitative estimate of drug-likeness (QED) is 0.822. The van der Waals surface area contributed by atoms with Crippen LogP contribution in [0.5, 0.6) is 0 Å². The van der Waals surface area contributed by atoms with Gasteiger partial charge in [-0.3, -0.25) is 15.0 Å². The van der Waals surface area contributed by atoms with E-state index in [1.165, 1.54) is 24.3 Å². The molecule has 148 valence electrons. The highest BCUT2D eigenvalue weighted by Gasteiger charge is 2.24. The molecule has 0 spiro atoms. The van der Waals surface area contributed by atoms with E-state index in [9.17, 15) is 18.4 Å². The molecule has 1 aliphatic heterocycles. The molecule has 1 fully saturated rings. The number of ether oxygens (including phenoxy) is 1. The third-order valence-electron chi connectivity index (χ3n) is 4.56. The SMILES string of the molecule is CN1CC(=O)NC[C@@H]1c1ccc(NC(=O)OCc2ccc(C(F)F)cc2)cc1. The molecule has 3 rings (SSSR count). The summed E-state index contributed by atoms with van der Waals surface area (Å²) >= 11 is 0. The zero-order chi connectivity index (χ0) is 20.1. The smallest absolute Gasteiger partial charge is 0.411 e. The molecule has 1 aliphatic rings. The summed E-state index contributed by atoms with van der Waals surface area (Å²) in [5.74, 6) is 0.00336. The Labute approximate surface area is 161 Å². The zero-order valence-corrected chi connectivity index (χ0v) is 15.3. The van der Waals surface area contributed by atoms with E-state index in [0.29, 0.717) is 24.3 Å². The van der Waals surface area contributed by atoms with Crippen molar-refractivity contribution in [2.24, 2.45) is 0 Å². The number of hydrogen-bond donors (Lipinski definition) is 2. The fourth-order valence-corrected chi connectivity index (χ4v) is 2.98. The molecule has 0 unspecified atom stereocenters. The second-order valence-corrected chi connectivity index (χ2v) is 6.60. The molecule has 6 nitrogen and oxygen atoms in total. The lowest BCUT2D eigenvalue weighted by Crippen LogP contribution is -2.47. The number of likely N-dealkylation sites (N-methyl/N-ethyl adjacent to an activating group) is 1. The van der Waals surface area contributed by atoms with E-state index in [1.807, 2.05) is 24.1 Å². The van der Waals surface area contributed by atoms with Crippen LogP contribution in [0.1, 0.15) is 29.2 Å². The summed E-state index contributed by atoms with van der Waals surface area (Å²) < 4.78 is 30.2. The van der Waals surface area contributed by atoms with Gasteiger partial charge in [0.2, 0.25) is 5.91 Å². The number of hydrogen-bond acceptors (Lipinski definition) is 4. The minimum absolute atomic E-state index is 0.00336. The molecule has 2 amide bonds. The maximum absolute atomic E-state index is 12.5. The van der Waals surface area contributed by atoms with Gasteiger partial charge in [-0.15, -0.1) is 0 Å². The van der Waals surface area contributed by atoms with E-state index in [1.54, 1.807) is 12.1 Å². The topological polar surface area (TPSA) is 70.7 Å². The lowest BCUT2D eigenvalue weighted by Gasteiger charge is -2.32. The van der Waals surface area contributed by atoms with Crippen molar-refractivity contribution in [3.63, 3.8) is 0 Å². The monoisotopic (exact) mass is 389 g/mol. The fourth-order valence-electron chi connectivity index (χ4n) is 2.98. The van der Waals surface area contributed by atoms with Crippen LogP contribution in [0, 0.1) is 0 Å². The summed E-state index contributed by atoms with van der Waals surface area (Å²) in [5.41, 5.74) is 2.15. The van der Waals surface area contributed by atoms with Crippen LogP contribution in [0.15, 0.2) is 48.5 Å². The van der Waals surface area contributed by atoms with Gasteiger partial charge in [0.1, 0.15) is 6.61 Å². The summed E-state index contributed by atoms with van der Waals surface area (Å²) in [5, 5.41) is 5.46. The molecule has 2 aromatic rings. The maximum atomic E-state index is 12.5. The standard InChI is InChI=1S/C20H21F2N3O3/c1-25-11-18(26)23-10-17(25)14-6-8-16(9-7-14)24-20(27)28-12-13-2-4-15(5-3-13)19(21)22/h2-9,17,19H,10-12H2,1H3,(H,23,26)(H,24,27)/t17-/m1/s1. The highest BCUT2D eigenvalue weighted by Crippen LogP contribution is 2.23. The number of carbonyl (C=O) groups excluding carboxylic acids is 2. The lowest BCUT2D eigenvalue weighted by atomic mass is 10.0. The third-order valence-corrected chi connectivity index (χ3v) is 4.56. The van der Waals surface area contributed by atoms with E-state index in [2.05, 4.69) is 10.6 Å². The van der Waals surface area contributed by atoms with Crippen LogP contribution in [0.3, 0.4) is 0 Å². The molecular weight excluding hydrogens is 368 g/mol. The van der Waals surface area contributed by atoms with Gasteiger partial charge in [0.25, 0.3) is 6.43 Å². The van der Waals surface area contributed by atoms with Crippen LogP contribution in [-0.2, 0) is 16.1 Å². The first-order valence-corrected chi connectivity index (χ1v) is 8.80. The average molecular weight is 389 g/mol. The van der Waals surface area contributed by atoms with Crippen molar-refractivity contribution in [1.82, 2.24) is 10.2 Å². The van der Waals surface area contributed by atoms with Gasteiger partial charge < -0.3 is 10.1 Å². The van der Waals surface area contributed by atoms with Gasteiger partial charge in [-0.1, -0.05) is 36.4 Å². The minimum atomic E-state index is -2.52. The number of halogens is 2. The number of amides is 2. The first-order valence-electron chi connectivity index (χ1n) is 8.80. The van der Waals surface area contributed by atoms with Gasteiger partial charge in [0, 0.05) is 17.8 Å². The molecular formula is C20H21F2N3O3. The molecule has 0 radical (unpaired) electrons. The van der Waals surface area contributed by atoms with E-state index >= 15 is 0 Å². The molecule has 8 heteroatoms. The predicted octanol–water partition coefficient (Wildman–Crippen LogP) is 3.48. The summed E-state index contributed by atoms with van der Waals surface area (Å²) in [6.07, 6.45) is -3.15. The second-order valence-electron chi connectivity index (χ2n) is 6.60. The van der Waals surface area contributed by atoms with E-state index in [0.717, 1.165) is 5.56 Å². The Morgan fingerprint density at radius 1 is 1.21 bits per heavy atom. The highest BCUT2D eigenvalue weighted by atomic mass is 19.3. The zero-order valence-electron chi connectivity index (χ0n) is 15.3. The molecule has 2 aromatic carbocycles. The second kappa shape index (κ2) is 8.79. The predicted molar refractivity (Wildman–Crippen MR) is 100 cm³/mol. The van der Waals surface area contributed by atoms with Gasteiger partial charge in [-0.25, -0.2) is 13.6 Å². The van der Waals surface area contributed by atoms with Gasteiger partial charge in [-0.2, -0.15) is 0 Å². The Hall–Kier alpha value is -3.00. The van der Waals surface area contributed by atoms with Gasteiger partial charge >= 0.3 is 6.09 Å². The Morgan fingerprint density at radius 2 is 1.89 bits per heavy atom. The van der Waals surface area contributed by atoms with Crippen LogP contribution in [0.4, 0.5) is 19.3 Å². The molecule has 0 aromatic heterocycles. The number of alkyl halides is 2. The number of benzene rings is 2. The molecule has 2 N–H and O–H groups in total. The van der Waals surface area contributed by atoms with Crippen LogP contribution in [0.25, 0.3) is 0 Å². The molecule has 28 heavy (non-hydrogen) atoms. The largest absolute Gasteiger partial charge is 0.444 e.